The number of hydrogen-bond acceptors (Lipinski definition) is 2. The van der Waals surface area contributed by atoms with Crippen LogP contribution in [0.4, 0.5) is 0 Å². The molecule has 35 heavy (non-hydrogen) atoms. The van der Waals surface area contributed by atoms with Crippen LogP contribution in [0.3, 0.4) is 0 Å². The maximum Gasteiger partial charge on any atom is 0.0780 e. The summed E-state index contributed by atoms with van der Waals surface area (Å²) in [4.78, 5) is 2.80. The lowest BCUT2D eigenvalue weighted by molar-refractivity contribution is -0.870. The van der Waals surface area contributed by atoms with Gasteiger partial charge >= 0.3 is 0 Å². The van der Waals surface area contributed by atoms with Crippen molar-refractivity contribution in [3.8, 4) is 0 Å². The summed E-state index contributed by atoms with van der Waals surface area (Å²) < 4.78 is 1.12. The van der Waals surface area contributed by atoms with Crippen molar-refractivity contribution in [2.75, 3.05) is 53.9 Å². The molecular weight excluding hydrogens is 426 g/mol. The molecule has 212 valence electrons. The van der Waals surface area contributed by atoms with E-state index in [9.17, 15) is 0 Å². The normalized spacial score (nSPS) is 12.2. The van der Waals surface area contributed by atoms with Gasteiger partial charge in [-0.3, -0.25) is 0 Å². The third kappa shape index (κ3) is 30.0. The molecule has 0 spiro atoms. The second-order valence-electron chi connectivity index (χ2n) is 12.4. The van der Waals surface area contributed by atoms with Gasteiger partial charge in [-0.1, -0.05) is 116 Å². The number of nitrogens with two attached hydrogens (primary N) is 1. The van der Waals surface area contributed by atoms with Gasteiger partial charge in [0.15, 0.2) is 0 Å². The molecule has 0 fully saturated rings. The van der Waals surface area contributed by atoms with Crippen LogP contribution in [0.25, 0.3) is 0 Å². The molecule has 0 aliphatic carbocycles. The highest BCUT2D eigenvalue weighted by molar-refractivity contribution is 4.60. The van der Waals surface area contributed by atoms with E-state index in [4.69, 9.17) is 5.73 Å². The van der Waals surface area contributed by atoms with E-state index in [1.807, 2.05) is 0 Å². The third-order valence-corrected chi connectivity index (χ3v) is 7.56. The van der Waals surface area contributed by atoms with Gasteiger partial charge in [0.2, 0.25) is 0 Å². The Balaban J connectivity index is 3.61. The number of quaternary nitrogens is 1. The zero-order valence-corrected chi connectivity index (χ0v) is 25.3. The van der Waals surface area contributed by atoms with Gasteiger partial charge in [-0.05, 0) is 64.7 Å². The molecule has 0 aliphatic heterocycles. The molecule has 0 atom stereocenters. The van der Waals surface area contributed by atoms with E-state index in [1.54, 1.807) is 0 Å². The van der Waals surface area contributed by atoms with Gasteiger partial charge in [0.1, 0.15) is 0 Å². The molecule has 0 aromatic carbocycles. The SMILES string of the molecule is CCCCCN(CCCCCCCCCCCCN)CCCCCCCCCCCC[N+](C)(C)C. The standard InChI is InChI=1S/C32H70N3/c1-5-6-24-29-34(30-25-20-16-12-8-7-11-15-19-23-28-33)31-26-21-17-13-9-10-14-18-22-27-32-35(2,3)4/h5-33H2,1-4H3/q+1. The maximum atomic E-state index is 5.57. The third-order valence-electron chi connectivity index (χ3n) is 7.56. The molecule has 0 heterocycles. The lowest BCUT2D eigenvalue weighted by Crippen LogP contribution is -2.35. The van der Waals surface area contributed by atoms with Crippen molar-refractivity contribution >= 4 is 0 Å². The Morgan fingerprint density at radius 1 is 0.429 bits per heavy atom. The van der Waals surface area contributed by atoms with Crippen molar-refractivity contribution < 1.29 is 4.48 Å². The van der Waals surface area contributed by atoms with E-state index >= 15 is 0 Å². The Hall–Kier alpha value is -0.120. The summed E-state index contributed by atoms with van der Waals surface area (Å²) in [5.41, 5.74) is 5.57. The molecular formula is C32H70N3+. The monoisotopic (exact) mass is 497 g/mol. The van der Waals surface area contributed by atoms with Gasteiger partial charge in [-0.15, -0.1) is 0 Å². The summed E-state index contributed by atoms with van der Waals surface area (Å²) in [7, 11) is 6.92. The van der Waals surface area contributed by atoms with Gasteiger partial charge in [0, 0.05) is 0 Å². The van der Waals surface area contributed by atoms with Crippen LogP contribution < -0.4 is 5.73 Å². The van der Waals surface area contributed by atoms with Crippen LogP contribution in [0, 0.1) is 0 Å². The van der Waals surface area contributed by atoms with Crippen LogP contribution in [0.15, 0.2) is 0 Å². The largest absolute Gasteiger partial charge is 0.331 e. The molecule has 0 bridgehead atoms. The first-order valence-electron chi connectivity index (χ1n) is 16.2. The Morgan fingerprint density at radius 2 is 0.743 bits per heavy atom. The molecule has 0 radical (unpaired) electrons. The summed E-state index contributed by atoms with van der Waals surface area (Å²) in [6.07, 6.45) is 32.6. The summed E-state index contributed by atoms with van der Waals surface area (Å²) in [5, 5.41) is 0. The minimum absolute atomic E-state index is 0.868. The molecule has 0 aromatic rings. The predicted molar refractivity (Wildman–Crippen MR) is 160 cm³/mol. The van der Waals surface area contributed by atoms with Crippen molar-refractivity contribution in [3.63, 3.8) is 0 Å². The van der Waals surface area contributed by atoms with Crippen molar-refractivity contribution in [2.24, 2.45) is 5.73 Å². The van der Waals surface area contributed by atoms with Crippen molar-refractivity contribution in [1.82, 2.24) is 4.90 Å². The summed E-state index contributed by atoms with van der Waals surface area (Å²) in [5.74, 6) is 0. The van der Waals surface area contributed by atoms with Crippen LogP contribution in [0.5, 0.6) is 0 Å². The van der Waals surface area contributed by atoms with Crippen LogP contribution >= 0.6 is 0 Å². The predicted octanol–water partition coefficient (Wildman–Crippen LogP) is 8.95. The number of hydrogen-bond donors (Lipinski definition) is 1. The van der Waals surface area contributed by atoms with Crippen LogP contribution in [0.1, 0.15) is 155 Å². The van der Waals surface area contributed by atoms with E-state index in [2.05, 4.69) is 33.0 Å². The summed E-state index contributed by atoms with van der Waals surface area (Å²) >= 11 is 0. The molecule has 0 aromatic heterocycles. The van der Waals surface area contributed by atoms with Crippen LogP contribution in [-0.4, -0.2) is 63.2 Å². The van der Waals surface area contributed by atoms with Gasteiger partial charge < -0.3 is 15.1 Å². The molecule has 2 N–H and O–H groups in total. The smallest absolute Gasteiger partial charge is 0.0780 e. The molecule has 0 rings (SSSR count). The van der Waals surface area contributed by atoms with Crippen LogP contribution in [-0.2, 0) is 0 Å². The van der Waals surface area contributed by atoms with E-state index < -0.39 is 0 Å². The molecule has 0 saturated carbocycles. The Labute approximate surface area is 223 Å². The molecule has 0 unspecified atom stereocenters. The first kappa shape index (κ1) is 34.9. The molecule has 0 aliphatic rings. The van der Waals surface area contributed by atoms with Gasteiger partial charge in [0.05, 0.1) is 27.7 Å². The Morgan fingerprint density at radius 3 is 1.09 bits per heavy atom. The van der Waals surface area contributed by atoms with Crippen LogP contribution in [0.2, 0.25) is 0 Å². The lowest BCUT2D eigenvalue weighted by Gasteiger charge is -2.23. The van der Waals surface area contributed by atoms with Crippen molar-refractivity contribution in [1.29, 1.82) is 0 Å². The van der Waals surface area contributed by atoms with Crippen molar-refractivity contribution in [3.05, 3.63) is 0 Å². The average molecular weight is 497 g/mol. The van der Waals surface area contributed by atoms with Gasteiger partial charge in [0.25, 0.3) is 0 Å². The number of unbranched alkanes of at least 4 members (excludes halogenated alkanes) is 20. The summed E-state index contributed by atoms with van der Waals surface area (Å²) in [6.45, 7) is 8.55. The molecule has 3 heteroatoms. The van der Waals surface area contributed by atoms with E-state index in [1.165, 1.54) is 174 Å². The first-order chi connectivity index (χ1) is 17.0. The van der Waals surface area contributed by atoms with E-state index in [0.717, 1.165) is 11.0 Å². The number of rotatable bonds is 29. The average Bonchev–Trinajstić information content (AvgIpc) is 2.82. The zero-order chi connectivity index (χ0) is 25.9. The molecule has 0 saturated heterocycles. The van der Waals surface area contributed by atoms with Gasteiger partial charge in [-0.25, -0.2) is 0 Å². The minimum atomic E-state index is 0.868. The number of nitrogens with zero attached hydrogens (tertiary/aromatic N) is 2. The summed E-state index contributed by atoms with van der Waals surface area (Å²) in [6, 6.07) is 0. The van der Waals surface area contributed by atoms with E-state index in [0.29, 0.717) is 0 Å². The minimum Gasteiger partial charge on any atom is -0.331 e. The first-order valence-corrected chi connectivity index (χ1v) is 16.2. The molecule has 0 amide bonds. The Bertz CT molecular complexity index is 391. The quantitative estimate of drug-likeness (QED) is 0.0827. The van der Waals surface area contributed by atoms with Crippen molar-refractivity contribution in [2.45, 2.75) is 155 Å². The maximum absolute atomic E-state index is 5.57. The highest BCUT2D eigenvalue weighted by atomic mass is 15.3. The van der Waals surface area contributed by atoms with E-state index in [-0.39, 0.29) is 0 Å². The second-order valence-corrected chi connectivity index (χ2v) is 12.4. The highest BCUT2D eigenvalue weighted by Gasteiger charge is 2.06. The molecule has 3 nitrogen and oxygen atoms in total. The second kappa shape index (κ2) is 26.9. The fraction of sp³-hybridized carbons (Fsp3) is 1.00. The highest BCUT2D eigenvalue weighted by Crippen LogP contribution is 2.13. The fourth-order valence-electron chi connectivity index (χ4n) is 5.15. The lowest BCUT2D eigenvalue weighted by atomic mass is 10.1. The Kier molecular flexibility index (Phi) is 26.8. The zero-order valence-electron chi connectivity index (χ0n) is 25.3. The topological polar surface area (TPSA) is 29.3 Å². The fourth-order valence-corrected chi connectivity index (χ4v) is 5.15. The van der Waals surface area contributed by atoms with Gasteiger partial charge in [-0.2, -0.15) is 0 Å².